The molecule has 0 saturated carbocycles. The summed E-state index contributed by atoms with van der Waals surface area (Å²) < 4.78 is 11.4. The van der Waals surface area contributed by atoms with Crippen molar-refractivity contribution >= 4 is 22.4 Å². The summed E-state index contributed by atoms with van der Waals surface area (Å²) in [4.78, 5) is 11.0. The first-order valence-corrected chi connectivity index (χ1v) is 12.2. The SMILES string of the molecule is O=C(CCCCCCN1C=C(c2ccc3cc(O[C@@H]4C[C@@H](O)[C@H](O)[C@@H](CO)O4)ccc3c2)NN1)NO. The third-order valence-electron chi connectivity index (χ3n) is 6.40. The fourth-order valence-corrected chi connectivity index (χ4v) is 4.36. The molecule has 2 aliphatic rings. The van der Waals surface area contributed by atoms with E-state index < -0.39 is 31.2 Å². The van der Waals surface area contributed by atoms with E-state index in [0.29, 0.717) is 12.2 Å². The second-order valence-electron chi connectivity index (χ2n) is 9.09. The van der Waals surface area contributed by atoms with Gasteiger partial charge in [-0.3, -0.25) is 15.0 Å². The number of hydroxylamine groups is 1. The molecule has 1 saturated heterocycles. The molecule has 1 fully saturated rings. The van der Waals surface area contributed by atoms with E-state index in [1.807, 2.05) is 41.5 Å². The minimum absolute atomic E-state index is 0.110. The summed E-state index contributed by atoms with van der Waals surface area (Å²) in [5, 5.41) is 41.7. The van der Waals surface area contributed by atoms with Gasteiger partial charge in [-0.25, -0.2) is 5.48 Å². The number of hydrogen-bond donors (Lipinski definition) is 7. The minimum atomic E-state index is -1.14. The van der Waals surface area contributed by atoms with E-state index in [9.17, 15) is 20.1 Å². The molecular weight excluding hydrogens is 468 g/mol. The molecule has 7 N–H and O–H groups in total. The van der Waals surface area contributed by atoms with Gasteiger partial charge in [0.1, 0.15) is 18.0 Å². The molecule has 2 aliphatic heterocycles. The fraction of sp³-hybridized carbons (Fsp3) is 0.480. The van der Waals surface area contributed by atoms with Crippen molar-refractivity contribution in [2.45, 2.75) is 63.1 Å². The van der Waals surface area contributed by atoms with Crippen molar-refractivity contribution in [1.82, 2.24) is 21.4 Å². The maximum atomic E-state index is 11.0. The molecule has 36 heavy (non-hydrogen) atoms. The van der Waals surface area contributed by atoms with Crippen LogP contribution >= 0.6 is 0 Å². The van der Waals surface area contributed by atoms with E-state index in [1.54, 1.807) is 5.48 Å². The highest BCUT2D eigenvalue weighted by Gasteiger charge is 2.37. The molecule has 0 spiro atoms. The number of unbranched alkanes of at least 4 members (excludes halogenated alkanes) is 3. The van der Waals surface area contributed by atoms with Crippen molar-refractivity contribution in [2.24, 2.45) is 0 Å². The molecule has 0 radical (unpaired) electrons. The Morgan fingerprint density at radius 3 is 2.69 bits per heavy atom. The van der Waals surface area contributed by atoms with Crippen molar-refractivity contribution in [1.29, 1.82) is 0 Å². The average Bonchev–Trinajstić information content (AvgIpc) is 3.36. The van der Waals surface area contributed by atoms with Crippen LogP contribution in [0.15, 0.2) is 42.6 Å². The van der Waals surface area contributed by atoms with Gasteiger partial charge in [0.05, 0.1) is 18.4 Å². The number of aliphatic hydroxyl groups is 3. The molecule has 1 amide bonds. The van der Waals surface area contributed by atoms with Gasteiger partial charge in [0.25, 0.3) is 0 Å². The maximum absolute atomic E-state index is 11.0. The van der Waals surface area contributed by atoms with Gasteiger partial charge in [-0.2, -0.15) is 0 Å². The van der Waals surface area contributed by atoms with Crippen LogP contribution in [0.25, 0.3) is 16.5 Å². The average molecular weight is 503 g/mol. The van der Waals surface area contributed by atoms with Gasteiger partial charge in [0.15, 0.2) is 0 Å². The number of rotatable bonds is 11. The number of amides is 1. The molecular formula is C25H34N4O7. The molecule has 0 aliphatic carbocycles. The molecule has 4 rings (SSSR count). The Morgan fingerprint density at radius 1 is 1.11 bits per heavy atom. The van der Waals surface area contributed by atoms with E-state index in [1.165, 1.54) is 0 Å². The lowest BCUT2D eigenvalue weighted by molar-refractivity contribution is -0.229. The molecule has 0 unspecified atom stereocenters. The molecule has 4 atom stereocenters. The van der Waals surface area contributed by atoms with E-state index >= 15 is 0 Å². The molecule has 2 aromatic carbocycles. The fourth-order valence-electron chi connectivity index (χ4n) is 4.36. The second-order valence-corrected chi connectivity index (χ2v) is 9.09. The molecule has 11 heteroatoms. The van der Waals surface area contributed by atoms with Crippen molar-refractivity contribution < 1.29 is 34.8 Å². The third-order valence-corrected chi connectivity index (χ3v) is 6.40. The lowest BCUT2D eigenvalue weighted by atomic mass is 10.0. The summed E-state index contributed by atoms with van der Waals surface area (Å²) in [6.07, 6.45) is 2.31. The van der Waals surface area contributed by atoms with E-state index in [4.69, 9.17) is 14.7 Å². The van der Waals surface area contributed by atoms with Crippen LogP contribution in [0.4, 0.5) is 0 Å². The number of benzene rings is 2. The van der Waals surface area contributed by atoms with E-state index in [2.05, 4.69) is 17.0 Å². The quantitative estimate of drug-likeness (QED) is 0.135. The Hall–Kier alpha value is -2.93. The molecule has 11 nitrogen and oxygen atoms in total. The van der Waals surface area contributed by atoms with Crippen LogP contribution in [0.3, 0.4) is 0 Å². The van der Waals surface area contributed by atoms with E-state index in [0.717, 1.165) is 54.3 Å². The largest absolute Gasteiger partial charge is 0.465 e. The Kier molecular flexibility index (Phi) is 8.97. The maximum Gasteiger partial charge on any atom is 0.243 e. The van der Waals surface area contributed by atoms with Gasteiger partial charge in [-0.05, 0) is 41.8 Å². The molecule has 0 bridgehead atoms. The zero-order chi connectivity index (χ0) is 25.5. The van der Waals surface area contributed by atoms with Gasteiger partial charge >= 0.3 is 0 Å². The summed E-state index contributed by atoms with van der Waals surface area (Å²) in [7, 11) is 0. The summed E-state index contributed by atoms with van der Waals surface area (Å²) in [6.45, 7) is 0.420. The van der Waals surface area contributed by atoms with Crippen LogP contribution in [0, 0.1) is 0 Å². The zero-order valence-electron chi connectivity index (χ0n) is 20.0. The van der Waals surface area contributed by atoms with Crippen molar-refractivity contribution in [2.75, 3.05) is 13.2 Å². The Bertz CT molecular complexity index is 1070. The van der Waals surface area contributed by atoms with Crippen LogP contribution in [0.5, 0.6) is 5.75 Å². The van der Waals surface area contributed by atoms with Crippen LogP contribution < -0.4 is 21.2 Å². The summed E-state index contributed by atoms with van der Waals surface area (Å²) in [5.41, 5.74) is 9.97. The standard InChI is InChI=1S/C25H34N4O7/c30-15-22-25(33)21(31)13-24(36-22)35-19-9-8-16-11-18(7-6-17(16)12-19)20-14-29(28-26-20)10-4-2-1-3-5-23(32)27-34/h6-9,11-12,14,21-22,24-26,28,30-31,33-34H,1-5,10,13,15H2,(H,27,32)/t21-,22-,24+,25+/m1/s1. The predicted octanol–water partition coefficient (Wildman–Crippen LogP) is 1.13. The van der Waals surface area contributed by atoms with Gasteiger partial charge in [-0.1, -0.05) is 31.0 Å². The van der Waals surface area contributed by atoms with Gasteiger partial charge in [0, 0.05) is 31.1 Å². The van der Waals surface area contributed by atoms with Gasteiger partial charge in [-0.15, -0.1) is 5.53 Å². The molecule has 196 valence electrons. The number of aliphatic hydroxyl groups excluding tert-OH is 3. The highest BCUT2D eigenvalue weighted by molar-refractivity contribution is 5.87. The number of fused-ring (bicyclic) bond motifs is 1. The predicted molar refractivity (Wildman–Crippen MR) is 131 cm³/mol. The Labute approximate surface area is 209 Å². The first kappa shape index (κ1) is 26.1. The first-order chi connectivity index (χ1) is 17.5. The summed E-state index contributed by atoms with van der Waals surface area (Å²) >= 11 is 0. The highest BCUT2D eigenvalue weighted by atomic mass is 16.7. The van der Waals surface area contributed by atoms with Gasteiger partial charge < -0.3 is 30.2 Å². The zero-order valence-corrected chi connectivity index (χ0v) is 20.0. The summed E-state index contributed by atoms with van der Waals surface area (Å²) in [5.74, 6) is 0.227. The second kappa shape index (κ2) is 12.3. The van der Waals surface area contributed by atoms with Crippen LogP contribution in [0.2, 0.25) is 0 Å². The highest BCUT2D eigenvalue weighted by Crippen LogP contribution is 2.28. The van der Waals surface area contributed by atoms with E-state index in [-0.39, 0.29) is 12.3 Å². The number of nitrogens with one attached hydrogen (secondary N) is 3. The normalized spacial score (nSPS) is 23.9. The number of nitrogens with zero attached hydrogens (tertiary/aromatic N) is 1. The van der Waals surface area contributed by atoms with Crippen molar-refractivity contribution in [3.05, 3.63) is 48.2 Å². The van der Waals surface area contributed by atoms with Crippen molar-refractivity contribution in [3.8, 4) is 5.75 Å². The Morgan fingerprint density at radius 2 is 1.89 bits per heavy atom. The van der Waals surface area contributed by atoms with Crippen molar-refractivity contribution in [3.63, 3.8) is 0 Å². The number of carbonyl (C=O) groups is 1. The molecule has 0 aromatic heterocycles. The molecule has 2 heterocycles. The lowest BCUT2D eigenvalue weighted by Crippen LogP contribution is -2.51. The smallest absolute Gasteiger partial charge is 0.243 e. The number of ether oxygens (including phenoxy) is 2. The Balaban J connectivity index is 1.30. The summed E-state index contributed by atoms with van der Waals surface area (Å²) in [6, 6.07) is 11.8. The topological polar surface area (TPSA) is 156 Å². The number of hydrazine groups is 2. The number of carbonyl (C=O) groups excluding carboxylic acids is 1. The first-order valence-electron chi connectivity index (χ1n) is 12.2. The third kappa shape index (κ3) is 6.64. The number of hydrogen-bond acceptors (Lipinski definition) is 10. The monoisotopic (exact) mass is 502 g/mol. The minimum Gasteiger partial charge on any atom is -0.465 e. The van der Waals surface area contributed by atoms with Gasteiger partial charge in [0.2, 0.25) is 12.2 Å². The lowest BCUT2D eigenvalue weighted by Gasteiger charge is -2.36. The van der Waals surface area contributed by atoms with Crippen LogP contribution in [-0.2, 0) is 9.53 Å². The molecule has 2 aromatic rings. The van der Waals surface area contributed by atoms with Crippen LogP contribution in [-0.4, -0.2) is 69.2 Å². The van der Waals surface area contributed by atoms with Crippen LogP contribution in [0.1, 0.15) is 44.1 Å².